The van der Waals surface area contributed by atoms with E-state index in [4.69, 9.17) is 9.47 Å². The van der Waals surface area contributed by atoms with E-state index < -0.39 is 8.07 Å². The second-order valence-corrected chi connectivity index (χ2v) is 13.6. The number of ether oxygens (including phenoxy) is 2. The molecule has 0 radical (unpaired) electrons. The van der Waals surface area contributed by atoms with Gasteiger partial charge in [-0.05, 0) is 41.7 Å². The molecule has 5 heteroatoms. The molecule has 1 aromatic carbocycles. The molecular formula is C21H37NO3Si. The van der Waals surface area contributed by atoms with Gasteiger partial charge in [-0.3, -0.25) is 0 Å². The SMILES string of the molecule is CCN(CC)C(=O)Oc1c(OC)cccc1[Si](C(C)C)(C(C)C)C(C)C. The summed E-state index contributed by atoms with van der Waals surface area (Å²) < 4.78 is 11.6. The molecule has 0 aliphatic carbocycles. The van der Waals surface area contributed by atoms with Gasteiger partial charge < -0.3 is 14.4 Å². The molecule has 0 aliphatic heterocycles. The molecule has 0 spiro atoms. The summed E-state index contributed by atoms with van der Waals surface area (Å²) in [7, 11) is -0.358. The summed E-state index contributed by atoms with van der Waals surface area (Å²) in [6.07, 6.45) is -0.306. The maximum absolute atomic E-state index is 12.7. The number of methoxy groups -OCH3 is 1. The van der Waals surface area contributed by atoms with Crippen molar-refractivity contribution in [3.05, 3.63) is 18.2 Å². The molecule has 1 amide bonds. The van der Waals surface area contributed by atoms with Crippen LogP contribution in [-0.4, -0.2) is 39.3 Å². The molecule has 0 saturated carbocycles. The monoisotopic (exact) mass is 379 g/mol. The van der Waals surface area contributed by atoms with Crippen LogP contribution >= 0.6 is 0 Å². The van der Waals surface area contributed by atoms with Crippen molar-refractivity contribution in [3.8, 4) is 11.5 Å². The molecule has 1 aromatic rings. The van der Waals surface area contributed by atoms with E-state index in [1.165, 1.54) is 5.19 Å². The quantitative estimate of drug-likeness (QED) is 0.566. The molecule has 4 nitrogen and oxygen atoms in total. The van der Waals surface area contributed by atoms with Gasteiger partial charge in [-0.1, -0.05) is 53.7 Å². The molecule has 26 heavy (non-hydrogen) atoms. The third-order valence-corrected chi connectivity index (χ3v) is 12.8. The van der Waals surface area contributed by atoms with Gasteiger partial charge in [0, 0.05) is 13.1 Å². The Morgan fingerprint density at radius 1 is 1.00 bits per heavy atom. The van der Waals surface area contributed by atoms with Gasteiger partial charge in [0.2, 0.25) is 0 Å². The number of benzene rings is 1. The van der Waals surface area contributed by atoms with Crippen LogP contribution in [0.15, 0.2) is 18.2 Å². The van der Waals surface area contributed by atoms with Gasteiger partial charge >= 0.3 is 6.09 Å². The van der Waals surface area contributed by atoms with Gasteiger partial charge in [-0.15, -0.1) is 0 Å². The largest absolute Gasteiger partial charge is 0.493 e. The molecule has 0 atom stereocenters. The zero-order chi connectivity index (χ0) is 20.1. The number of amides is 1. The molecule has 0 N–H and O–H groups in total. The number of hydrogen-bond acceptors (Lipinski definition) is 3. The van der Waals surface area contributed by atoms with Crippen LogP contribution in [0.2, 0.25) is 16.6 Å². The van der Waals surface area contributed by atoms with Crippen molar-refractivity contribution in [3.63, 3.8) is 0 Å². The lowest BCUT2D eigenvalue weighted by atomic mass is 10.3. The Bertz CT molecular complexity index is 573. The van der Waals surface area contributed by atoms with E-state index in [0.717, 1.165) is 0 Å². The fraction of sp³-hybridized carbons (Fsp3) is 0.667. The maximum atomic E-state index is 12.7. The summed E-state index contributed by atoms with van der Waals surface area (Å²) in [4.78, 5) is 14.4. The Morgan fingerprint density at radius 3 is 1.88 bits per heavy atom. The highest BCUT2D eigenvalue weighted by atomic mass is 28.3. The first-order valence-corrected chi connectivity index (χ1v) is 12.1. The predicted molar refractivity (Wildman–Crippen MR) is 113 cm³/mol. The molecule has 0 heterocycles. The van der Waals surface area contributed by atoms with E-state index in [1.807, 2.05) is 26.0 Å². The minimum atomic E-state index is -1.99. The highest BCUT2D eigenvalue weighted by molar-refractivity contribution is 6.95. The predicted octanol–water partition coefficient (Wildman–Crippen LogP) is 5.42. The number of carbonyl (C=O) groups is 1. The molecule has 0 fully saturated rings. The summed E-state index contributed by atoms with van der Waals surface area (Å²) in [5.41, 5.74) is 1.54. The highest BCUT2D eigenvalue weighted by Crippen LogP contribution is 2.44. The van der Waals surface area contributed by atoms with Gasteiger partial charge in [0.1, 0.15) is 0 Å². The lowest BCUT2D eigenvalue weighted by Gasteiger charge is -2.44. The van der Waals surface area contributed by atoms with E-state index in [9.17, 15) is 4.79 Å². The second kappa shape index (κ2) is 9.44. The van der Waals surface area contributed by atoms with Crippen LogP contribution in [0.4, 0.5) is 4.79 Å². The Balaban J connectivity index is 3.63. The minimum absolute atomic E-state index is 0.306. The van der Waals surface area contributed by atoms with Crippen molar-refractivity contribution in [2.75, 3.05) is 20.2 Å². The fourth-order valence-electron chi connectivity index (χ4n) is 4.69. The van der Waals surface area contributed by atoms with Crippen LogP contribution < -0.4 is 14.7 Å². The van der Waals surface area contributed by atoms with Crippen LogP contribution in [-0.2, 0) is 0 Å². The van der Waals surface area contributed by atoms with Gasteiger partial charge in [-0.25, -0.2) is 4.79 Å². The summed E-state index contributed by atoms with van der Waals surface area (Å²) in [5.74, 6) is 1.26. The van der Waals surface area contributed by atoms with E-state index >= 15 is 0 Å². The maximum Gasteiger partial charge on any atom is 0.415 e. The van der Waals surface area contributed by atoms with Crippen LogP contribution in [0.1, 0.15) is 55.4 Å². The molecule has 0 aromatic heterocycles. The first kappa shape index (κ1) is 22.5. The van der Waals surface area contributed by atoms with Gasteiger partial charge in [0.05, 0.1) is 15.2 Å². The second-order valence-electron chi connectivity index (χ2n) is 7.77. The molecule has 0 aliphatic rings. The summed E-state index contributed by atoms with van der Waals surface area (Å²) in [5, 5.41) is 1.19. The number of nitrogens with zero attached hydrogens (tertiary/aromatic N) is 1. The molecule has 1 rings (SSSR count). The smallest absolute Gasteiger partial charge is 0.415 e. The van der Waals surface area contributed by atoms with Crippen LogP contribution in [0.25, 0.3) is 0 Å². The van der Waals surface area contributed by atoms with E-state index in [-0.39, 0.29) is 6.09 Å². The average molecular weight is 380 g/mol. The standard InChI is InChI=1S/C21H37NO3Si/c1-10-22(11-2)21(23)25-20-18(24-9)13-12-14-19(20)26(15(3)4,16(5)6)17(7)8/h12-17H,10-11H2,1-9H3. The van der Waals surface area contributed by atoms with Gasteiger partial charge in [0.15, 0.2) is 11.5 Å². The van der Waals surface area contributed by atoms with Crippen molar-refractivity contribution in [2.45, 2.75) is 72.0 Å². The van der Waals surface area contributed by atoms with E-state index in [1.54, 1.807) is 12.0 Å². The third kappa shape index (κ3) is 4.08. The summed E-state index contributed by atoms with van der Waals surface area (Å²) in [6.45, 7) is 19.0. The van der Waals surface area contributed by atoms with Crippen molar-refractivity contribution in [1.29, 1.82) is 0 Å². The van der Waals surface area contributed by atoms with Crippen LogP contribution in [0.3, 0.4) is 0 Å². The topological polar surface area (TPSA) is 38.8 Å². The Hall–Kier alpha value is -1.49. The average Bonchev–Trinajstić information content (AvgIpc) is 2.56. The number of rotatable bonds is 8. The number of para-hydroxylation sites is 1. The molecular weight excluding hydrogens is 342 g/mol. The van der Waals surface area contributed by atoms with Crippen LogP contribution in [0.5, 0.6) is 11.5 Å². The van der Waals surface area contributed by atoms with Crippen molar-refractivity contribution in [1.82, 2.24) is 4.90 Å². The zero-order valence-corrected chi connectivity index (χ0v) is 19.1. The zero-order valence-electron chi connectivity index (χ0n) is 18.1. The summed E-state index contributed by atoms with van der Waals surface area (Å²) >= 11 is 0. The molecule has 0 unspecified atom stereocenters. The van der Waals surface area contributed by atoms with E-state index in [0.29, 0.717) is 41.2 Å². The summed E-state index contributed by atoms with van der Waals surface area (Å²) in [6, 6.07) is 6.06. The first-order valence-electron chi connectivity index (χ1n) is 9.82. The van der Waals surface area contributed by atoms with Crippen LogP contribution in [0, 0.1) is 0 Å². The first-order chi connectivity index (χ1) is 12.2. The minimum Gasteiger partial charge on any atom is -0.493 e. The third-order valence-electron chi connectivity index (χ3n) is 5.74. The lowest BCUT2D eigenvalue weighted by Crippen LogP contribution is -2.56. The van der Waals surface area contributed by atoms with Crippen molar-refractivity contribution < 1.29 is 14.3 Å². The molecule has 0 saturated heterocycles. The normalized spacial score (nSPS) is 12.0. The van der Waals surface area contributed by atoms with Crippen molar-refractivity contribution in [2.24, 2.45) is 0 Å². The Kier molecular flexibility index (Phi) is 8.19. The Morgan fingerprint density at radius 2 is 1.50 bits per heavy atom. The Labute approximate surface area is 160 Å². The van der Waals surface area contributed by atoms with Gasteiger partial charge in [-0.2, -0.15) is 0 Å². The highest BCUT2D eigenvalue weighted by Gasteiger charge is 2.47. The number of hydrogen-bond donors (Lipinski definition) is 0. The van der Waals surface area contributed by atoms with E-state index in [2.05, 4.69) is 47.6 Å². The fourth-order valence-corrected chi connectivity index (χ4v) is 11.5. The number of carbonyl (C=O) groups excluding carboxylic acids is 1. The molecule has 148 valence electrons. The van der Waals surface area contributed by atoms with Crippen molar-refractivity contribution >= 4 is 19.4 Å². The molecule has 0 bridgehead atoms. The lowest BCUT2D eigenvalue weighted by molar-refractivity contribution is 0.156. The van der Waals surface area contributed by atoms with Gasteiger partial charge in [0.25, 0.3) is 0 Å².